The van der Waals surface area contributed by atoms with E-state index < -0.39 is 0 Å². The van der Waals surface area contributed by atoms with Gasteiger partial charge in [-0.05, 0) is 87.6 Å². The van der Waals surface area contributed by atoms with Gasteiger partial charge in [-0.1, -0.05) is 115 Å². The lowest BCUT2D eigenvalue weighted by molar-refractivity contribution is 0.668. The summed E-state index contributed by atoms with van der Waals surface area (Å²) >= 11 is 0. The standard InChI is InChI=1S/C46H29NO2/c1-3-11-30(12-4-1)36-23-20-34(28-41(36)31-13-5-2-6-14-31)47(35-22-25-39-38-15-7-9-17-42(38)49-45(39)29-35)33-21-24-37-32(27-33)19-26-44-46(37)40-16-8-10-18-43(40)48-44/h1-29H. The molecular weight excluding hydrogens is 599 g/mol. The first-order chi connectivity index (χ1) is 24.3. The molecule has 3 heteroatoms. The molecule has 49 heavy (non-hydrogen) atoms. The molecule has 0 aliphatic heterocycles. The molecule has 0 N–H and O–H groups in total. The number of anilines is 3. The molecular formula is C46H29NO2. The van der Waals surface area contributed by atoms with Gasteiger partial charge >= 0.3 is 0 Å². The second kappa shape index (κ2) is 11.0. The van der Waals surface area contributed by atoms with Crippen molar-refractivity contribution in [3.8, 4) is 22.3 Å². The minimum Gasteiger partial charge on any atom is -0.456 e. The van der Waals surface area contributed by atoms with Gasteiger partial charge in [0.05, 0.1) is 0 Å². The molecule has 3 nitrogen and oxygen atoms in total. The Morgan fingerprint density at radius 1 is 0.327 bits per heavy atom. The van der Waals surface area contributed by atoms with E-state index in [-0.39, 0.29) is 0 Å². The first kappa shape index (κ1) is 27.5. The molecule has 0 aliphatic rings. The van der Waals surface area contributed by atoms with Gasteiger partial charge in [0.2, 0.25) is 0 Å². The van der Waals surface area contributed by atoms with Gasteiger partial charge in [0, 0.05) is 44.7 Å². The number of rotatable bonds is 5. The zero-order chi connectivity index (χ0) is 32.3. The lowest BCUT2D eigenvalue weighted by Crippen LogP contribution is -2.10. The average Bonchev–Trinajstić information content (AvgIpc) is 3.74. The number of furan rings is 2. The van der Waals surface area contributed by atoms with Gasteiger partial charge in [0.25, 0.3) is 0 Å². The Morgan fingerprint density at radius 2 is 0.878 bits per heavy atom. The largest absolute Gasteiger partial charge is 0.456 e. The van der Waals surface area contributed by atoms with Crippen LogP contribution in [0, 0.1) is 0 Å². The maximum absolute atomic E-state index is 6.40. The molecule has 10 rings (SSSR count). The van der Waals surface area contributed by atoms with Gasteiger partial charge in [-0.15, -0.1) is 0 Å². The lowest BCUT2D eigenvalue weighted by atomic mass is 9.93. The topological polar surface area (TPSA) is 29.5 Å². The zero-order valence-corrected chi connectivity index (χ0v) is 26.5. The average molecular weight is 628 g/mol. The molecule has 2 heterocycles. The van der Waals surface area contributed by atoms with Crippen LogP contribution in [0.4, 0.5) is 17.1 Å². The summed E-state index contributed by atoms with van der Waals surface area (Å²) in [4.78, 5) is 2.34. The van der Waals surface area contributed by atoms with E-state index in [0.717, 1.165) is 66.3 Å². The molecule has 0 saturated carbocycles. The Kier molecular flexibility index (Phi) is 6.18. The maximum atomic E-state index is 6.40. The van der Waals surface area contributed by atoms with Crippen molar-refractivity contribution in [2.24, 2.45) is 0 Å². The number of nitrogens with zero attached hydrogens (tertiary/aromatic N) is 1. The van der Waals surface area contributed by atoms with E-state index in [0.29, 0.717) is 0 Å². The summed E-state index contributed by atoms with van der Waals surface area (Å²) in [5.74, 6) is 0. The second-order valence-electron chi connectivity index (χ2n) is 12.5. The van der Waals surface area contributed by atoms with Crippen LogP contribution in [-0.4, -0.2) is 0 Å². The van der Waals surface area contributed by atoms with Gasteiger partial charge in [-0.3, -0.25) is 0 Å². The Morgan fingerprint density at radius 3 is 1.65 bits per heavy atom. The summed E-state index contributed by atoms with van der Waals surface area (Å²) in [6, 6.07) is 62.1. The summed E-state index contributed by atoms with van der Waals surface area (Å²) < 4.78 is 12.6. The summed E-state index contributed by atoms with van der Waals surface area (Å²) in [6.07, 6.45) is 0. The minimum absolute atomic E-state index is 0.861. The molecule has 2 aromatic heterocycles. The highest BCUT2D eigenvalue weighted by Gasteiger charge is 2.19. The third-order valence-corrected chi connectivity index (χ3v) is 9.65. The van der Waals surface area contributed by atoms with Crippen LogP contribution in [0.1, 0.15) is 0 Å². The zero-order valence-electron chi connectivity index (χ0n) is 26.5. The molecule has 8 aromatic carbocycles. The fourth-order valence-electron chi connectivity index (χ4n) is 7.38. The van der Waals surface area contributed by atoms with Crippen LogP contribution in [0.15, 0.2) is 185 Å². The van der Waals surface area contributed by atoms with Gasteiger partial charge in [0.1, 0.15) is 22.3 Å². The van der Waals surface area contributed by atoms with Gasteiger partial charge in [-0.2, -0.15) is 0 Å². The third-order valence-electron chi connectivity index (χ3n) is 9.65. The predicted molar refractivity (Wildman–Crippen MR) is 204 cm³/mol. The molecule has 0 atom stereocenters. The van der Waals surface area contributed by atoms with Crippen LogP contribution >= 0.6 is 0 Å². The van der Waals surface area contributed by atoms with Gasteiger partial charge < -0.3 is 13.7 Å². The van der Waals surface area contributed by atoms with Crippen LogP contribution in [0.2, 0.25) is 0 Å². The lowest BCUT2D eigenvalue weighted by Gasteiger charge is -2.27. The first-order valence-electron chi connectivity index (χ1n) is 16.6. The van der Waals surface area contributed by atoms with Crippen molar-refractivity contribution in [2.75, 3.05) is 4.90 Å². The van der Waals surface area contributed by atoms with Crippen LogP contribution in [0.25, 0.3) is 76.9 Å². The minimum atomic E-state index is 0.861. The van der Waals surface area contributed by atoms with E-state index in [2.05, 4.69) is 157 Å². The number of hydrogen-bond acceptors (Lipinski definition) is 3. The van der Waals surface area contributed by atoms with E-state index in [1.54, 1.807) is 0 Å². The predicted octanol–water partition coefficient (Wildman–Crippen LogP) is 13.4. The number of benzene rings is 8. The smallest absolute Gasteiger partial charge is 0.137 e. The highest BCUT2D eigenvalue weighted by molar-refractivity contribution is 6.19. The Bertz CT molecular complexity index is 2830. The molecule has 0 spiro atoms. The quantitative estimate of drug-likeness (QED) is 0.190. The van der Waals surface area contributed by atoms with Crippen molar-refractivity contribution >= 4 is 71.7 Å². The van der Waals surface area contributed by atoms with E-state index in [1.165, 1.54) is 27.6 Å². The monoisotopic (exact) mass is 627 g/mol. The van der Waals surface area contributed by atoms with Gasteiger partial charge in [-0.25, -0.2) is 0 Å². The maximum Gasteiger partial charge on any atom is 0.137 e. The van der Waals surface area contributed by atoms with E-state index >= 15 is 0 Å². The van der Waals surface area contributed by atoms with Gasteiger partial charge in [0.15, 0.2) is 0 Å². The Labute approximate surface area is 282 Å². The molecule has 0 radical (unpaired) electrons. The molecule has 230 valence electrons. The summed E-state index contributed by atoms with van der Waals surface area (Å²) in [5.41, 5.74) is 11.4. The number of hydrogen-bond donors (Lipinski definition) is 0. The Hall–Kier alpha value is -6.58. The molecule has 0 bridgehead atoms. The van der Waals surface area contributed by atoms with Crippen LogP contribution in [0.3, 0.4) is 0 Å². The molecule has 10 aromatic rings. The van der Waals surface area contributed by atoms with Crippen molar-refractivity contribution in [3.63, 3.8) is 0 Å². The summed E-state index contributed by atoms with van der Waals surface area (Å²) in [6.45, 7) is 0. The van der Waals surface area contributed by atoms with Crippen molar-refractivity contribution in [2.45, 2.75) is 0 Å². The molecule has 0 unspecified atom stereocenters. The van der Waals surface area contributed by atoms with E-state index in [4.69, 9.17) is 8.83 Å². The van der Waals surface area contributed by atoms with Crippen molar-refractivity contribution in [1.29, 1.82) is 0 Å². The molecule has 0 saturated heterocycles. The third kappa shape index (κ3) is 4.51. The SMILES string of the molecule is c1ccc(-c2ccc(N(c3ccc4c(ccc5oc6ccccc6c54)c3)c3ccc4c(c3)oc3ccccc34)cc2-c2ccccc2)cc1. The van der Waals surface area contributed by atoms with Crippen LogP contribution < -0.4 is 4.90 Å². The van der Waals surface area contributed by atoms with Crippen LogP contribution in [-0.2, 0) is 0 Å². The Balaban J connectivity index is 1.21. The summed E-state index contributed by atoms with van der Waals surface area (Å²) in [5, 5.41) is 6.83. The highest BCUT2D eigenvalue weighted by atomic mass is 16.3. The fourth-order valence-corrected chi connectivity index (χ4v) is 7.38. The normalized spacial score (nSPS) is 11.7. The molecule has 0 amide bonds. The molecule has 0 aliphatic carbocycles. The highest BCUT2D eigenvalue weighted by Crippen LogP contribution is 2.44. The summed E-state index contributed by atoms with van der Waals surface area (Å²) in [7, 11) is 0. The number of para-hydroxylation sites is 2. The van der Waals surface area contributed by atoms with E-state index in [1.807, 2.05) is 24.3 Å². The first-order valence-corrected chi connectivity index (χ1v) is 16.6. The van der Waals surface area contributed by atoms with Crippen molar-refractivity contribution < 1.29 is 8.83 Å². The second-order valence-corrected chi connectivity index (χ2v) is 12.5. The van der Waals surface area contributed by atoms with E-state index in [9.17, 15) is 0 Å². The number of fused-ring (bicyclic) bond motifs is 8. The van der Waals surface area contributed by atoms with Crippen LogP contribution in [0.5, 0.6) is 0 Å². The molecule has 0 fully saturated rings. The van der Waals surface area contributed by atoms with Crippen molar-refractivity contribution in [3.05, 3.63) is 176 Å². The van der Waals surface area contributed by atoms with Crippen molar-refractivity contribution in [1.82, 2.24) is 0 Å². The fraction of sp³-hybridized carbons (Fsp3) is 0.